The molecule has 4 N–H and O–H groups in total. The Labute approximate surface area is 169 Å². The third-order valence-corrected chi connectivity index (χ3v) is 5.13. The number of amides is 1. The fraction of sp³-hybridized carbons (Fsp3) is 0.316. The van der Waals surface area contributed by atoms with Gasteiger partial charge in [-0.25, -0.2) is 13.6 Å². The van der Waals surface area contributed by atoms with Crippen molar-refractivity contribution in [2.24, 2.45) is 5.14 Å². The van der Waals surface area contributed by atoms with E-state index in [0.717, 1.165) is 25.3 Å². The minimum absolute atomic E-state index is 0.0751. The van der Waals surface area contributed by atoms with Gasteiger partial charge in [-0.05, 0) is 42.7 Å². The Morgan fingerprint density at radius 3 is 2.45 bits per heavy atom. The number of nitro benzene ring substituents is 1. The van der Waals surface area contributed by atoms with Gasteiger partial charge >= 0.3 is 0 Å². The van der Waals surface area contributed by atoms with Gasteiger partial charge in [-0.2, -0.15) is 0 Å². The number of nitrogens with one attached hydrogen (secondary N) is 2. The number of anilines is 2. The van der Waals surface area contributed by atoms with E-state index in [0.29, 0.717) is 5.69 Å². The smallest absolute Gasteiger partial charge is 0.293 e. The fourth-order valence-corrected chi connectivity index (χ4v) is 3.19. The van der Waals surface area contributed by atoms with Gasteiger partial charge in [0.25, 0.3) is 5.69 Å². The quantitative estimate of drug-likeness (QED) is 0.398. The van der Waals surface area contributed by atoms with Crippen molar-refractivity contribution in [2.75, 3.05) is 17.2 Å². The zero-order chi connectivity index (χ0) is 21.4. The molecule has 0 aliphatic heterocycles. The molecule has 0 atom stereocenters. The van der Waals surface area contributed by atoms with Crippen molar-refractivity contribution in [3.05, 3.63) is 58.1 Å². The number of nitro groups is 1. The summed E-state index contributed by atoms with van der Waals surface area (Å²) in [5.41, 5.74) is 1.57. The summed E-state index contributed by atoms with van der Waals surface area (Å²) in [4.78, 5) is 22.2. The van der Waals surface area contributed by atoms with Gasteiger partial charge in [0.1, 0.15) is 5.69 Å². The van der Waals surface area contributed by atoms with E-state index in [1.807, 2.05) is 24.3 Å². The predicted octanol–water partition coefficient (Wildman–Crippen LogP) is 3.03. The van der Waals surface area contributed by atoms with Gasteiger partial charge in [-0.3, -0.25) is 14.9 Å². The number of benzene rings is 2. The second-order valence-electron chi connectivity index (χ2n) is 6.51. The average Bonchev–Trinajstić information content (AvgIpc) is 2.66. The van der Waals surface area contributed by atoms with Gasteiger partial charge in [0, 0.05) is 24.7 Å². The molecule has 2 aromatic rings. The number of sulfonamides is 1. The van der Waals surface area contributed by atoms with Crippen LogP contribution >= 0.6 is 0 Å². The highest BCUT2D eigenvalue weighted by Crippen LogP contribution is 2.27. The Morgan fingerprint density at radius 1 is 1.17 bits per heavy atom. The van der Waals surface area contributed by atoms with Crippen LogP contribution in [0.2, 0.25) is 0 Å². The van der Waals surface area contributed by atoms with Crippen molar-refractivity contribution >= 4 is 33.0 Å². The van der Waals surface area contributed by atoms with Gasteiger partial charge in [-0.15, -0.1) is 0 Å². The van der Waals surface area contributed by atoms with Crippen molar-refractivity contribution in [1.29, 1.82) is 0 Å². The summed E-state index contributed by atoms with van der Waals surface area (Å²) >= 11 is 0. The van der Waals surface area contributed by atoms with Crippen LogP contribution < -0.4 is 15.8 Å². The van der Waals surface area contributed by atoms with Gasteiger partial charge in [-0.1, -0.05) is 25.5 Å². The van der Waals surface area contributed by atoms with Gasteiger partial charge < -0.3 is 10.6 Å². The number of nitrogens with zero attached hydrogens (tertiary/aromatic N) is 1. The maximum Gasteiger partial charge on any atom is 0.293 e. The normalized spacial score (nSPS) is 11.1. The summed E-state index contributed by atoms with van der Waals surface area (Å²) in [5.74, 6) is -0.248. The Morgan fingerprint density at radius 2 is 1.86 bits per heavy atom. The monoisotopic (exact) mass is 420 g/mol. The highest BCUT2D eigenvalue weighted by atomic mass is 32.2. The van der Waals surface area contributed by atoms with Crippen LogP contribution in [0.1, 0.15) is 31.7 Å². The van der Waals surface area contributed by atoms with Crippen LogP contribution in [0.3, 0.4) is 0 Å². The molecule has 2 aromatic carbocycles. The molecule has 2 rings (SSSR count). The summed E-state index contributed by atoms with van der Waals surface area (Å²) in [6.07, 6.45) is 3.31. The second kappa shape index (κ2) is 9.99. The van der Waals surface area contributed by atoms with Crippen molar-refractivity contribution in [1.82, 2.24) is 0 Å². The van der Waals surface area contributed by atoms with Crippen LogP contribution in [0.4, 0.5) is 17.1 Å². The third kappa shape index (κ3) is 6.84. The standard InChI is InChI=1S/C19H24N4O5S/c1-2-3-4-14-5-7-15(8-6-14)22-19(24)11-12-21-17-10-9-16(29(20,27)28)13-18(17)23(25)26/h5-10,13,21H,2-4,11-12H2,1H3,(H,22,24)(H2,20,27,28). The molecule has 29 heavy (non-hydrogen) atoms. The van der Waals surface area contributed by atoms with Crippen LogP contribution in [0.15, 0.2) is 47.4 Å². The fourth-order valence-electron chi connectivity index (χ4n) is 2.66. The molecule has 0 unspecified atom stereocenters. The number of hydrogen-bond acceptors (Lipinski definition) is 6. The Balaban J connectivity index is 1.92. The van der Waals surface area contributed by atoms with E-state index in [1.165, 1.54) is 17.7 Å². The highest BCUT2D eigenvalue weighted by molar-refractivity contribution is 7.89. The summed E-state index contributed by atoms with van der Waals surface area (Å²) < 4.78 is 22.7. The molecule has 0 saturated heterocycles. The van der Waals surface area contributed by atoms with E-state index in [1.54, 1.807) is 0 Å². The third-order valence-electron chi connectivity index (χ3n) is 4.22. The highest BCUT2D eigenvalue weighted by Gasteiger charge is 2.19. The van der Waals surface area contributed by atoms with Crippen LogP contribution in [-0.2, 0) is 21.2 Å². The maximum absolute atomic E-state index is 12.1. The topological polar surface area (TPSA) is 144 Å². The van der Waals surface area contributed by atoms with Gasteiger partial charge in [0.15, 0.2) is 0 Å². The lowest BCUT2D eigenvalue weighted by atomic mass is 10.1. The Kier molecular flexibility index (Phi) is 7.68. The predicted molar refractivity (Wildman–Crippen MR) is 111 cm³/mol. The Bertz CT molecular complexity index is 975. The number of aryl methyl sites for hydroxylation is 1. The van der Waals surface area contributed by atoms with E-state index in [4.69, 9.17) is 5.14 Å². The van der Waals surface area contributed by atoms with Crippen LogP contribution in [0, 0.1) is 10.1 Å². The van der Waals surface area contributed by atoms with E-state index in [9.17, 15) is 23.3 Å². The van der Waals surface area contributed by atoms with Crippen LogP contribution in [-0.4, -0.2) is 25.8 Å². The molecule has 0 bridgehead atoms. The van der Waals surface area contributed by atoms with Gasteiger partial charge in [0.05, 0.1) is 9.82 Å². The SMILES string of the molecule is CCCCc1ccc(NC(=O)CCNc2ccc(S(N)(=O)=O)cc2[N+](=O)[O-])cc1. The number of unbranched alkanes of at least 4 members (excludes halogenated alkanes) is 1. The van der Waals surface area contributed by atoms with E-state index in [-0.39, 0.29) is 29.5 Å². The van der Waals surface area contributed by atoms with Gasteiger partial charge in [0.2, 0.25) is 15.9 Å². The van der Waals surface area contributed by atoms with Crippen molar-refractivity contribution < 1.29 is 18.1 Å². The molecule has 0 radical (unpaired) electrons. The Hall–Kier alpha value is -2.98. The first kappa shape index (κ1) is 22.3. The summed E-state index contributed by atoms with van der Waals surface area (Å²) in [5, 5.41) is 21.7. The second-order valence-corrected chi connectivity index (χ2v) is 8.07. The lowest BCUT2D eigenvalue weighted by Gasteiger charge is -2.09. The minimum Gasteiger partial charge on any atom is -0.379 e. The first-order valence-electron chi connectivity index (χ1n) is 9.14. The molecule has 1 amide bonds. The molecule has 0 fully saturated rings. The van der Waals surface area contributed by atoms with E-state index < -0.39 is 20.6 Å². The molecule has 0 aliphatic carbocycles. The zero-order valence-corrected chi connectivity index (χ0v) is 16.9. The molecule has 0 heterocycles. The average molecular weight is 420 g/mol. The zero-order valence-electron chi connectivity index (χ0n) is 16.1. The summed E-state index contributed by atoms with van der Waals surface area (Å²) in [7, 11) is -4.05. The lowest BCUT2D eigenvalue weighted by Crippen LogP contribution is -2.17. The van der Waals surface area contributed by atoms with Crippen molar-refractivity contribution in [3.63, 3.8) is 0 Å². The van der Waals surface area contributed by atoms with Crippen LogP contribution in [0.25, 0.3) is 0 Å². The molecule has 0 aromatic heterocycles. The number of carbonyl (C=O) groups excluding carboxylic acids is 1. The molecular formula is C19H24N4O5S. The number of primary sulfonamides is 1. The summed E-state index contributed by atoms with van der Waals surface area (Å²) in [6.45, 7) is 2.27. The van der Waals surface area contributed by atoms with E-state index in [2.05, 4.69) is 17.6 Å². The first-order chi connectivity index (χ1) is 13.7. The molecule has 0 spiro atoms. The molecule has 156 valence electrons. The number of hydrogen-bond donors (Lipinski definition) is 3. The molecule has 0 aliphatic rings. The number of carbonyl (C=O) groups is 1. The molecule has 9 nitrogen and oxygen atoms in total. The van der Waals surface area contributed by atoms with E-state index >= 15 is 0 Å². The minimum atomic E-state index is -4.05. The maximum atomic E-state index is 12.1. The molecule has 10 heteroatoms. The largest absolute Gasteiger partial charge is 0.379 e. The molecular weight excluding hydrogens is 396 g/mol. The van der Waals surface area contributed by atoms with Crippen molar-refractivity contribution in [2.45, 2.75) is 37.5 Å². The van der Waals surface area contributed by atoms with Crippen LogP contribution in [0.5, 0.6) is 0 Å². The summed E-state index contributed by atoms with van der Waals surface area (Å²) in [6, 6.07) is 10.9. The first-order valence-corrected chi connectivity index (χ1v) is 10.7. The lowest BCUT2D eigenvalue weighted by molar-refractivity contribution is -0.384. The number of nitrogens with two attached hydrogens (primary N) is 1. The number of rotatable bonds is 10. The molecule has 0 saturated carbocycles. The van der Waals surface area contributed by atoms with Crippen molar-refractivity contribution in [3.8, 4) is 0 Å².